The molecule has 4 rings (SSSR count). The topological polar surface area (TPSA) is 118 Å². The van der Waals surface area contributed by atoms with Gasteiger partial charge in [-0.2, -0.15) is 0 Å². The van der Waals surface area contributed by atoms with Crippen LogP contribution in [0, 0.1) is 6.92 Å². The fourth-order valence-electron chi connectivity index (χ4n) is 3.94. The zero-order valence-corrected chi connectivity index (χ0v) is 21.7. The van der Waals surface area contributed by atoms with Crippen molar-refractivity contribution in [2.75, 3.05) is 0 Å². The number of aromatic hydroxyl groups is 2. The molecule has 7 nitrogen and oxygen atoms in total. The summed E-state index contributed by atoms with van der Waals surface area (Å²) in [7, 11) is -7.68. The second kappa shape index (κ2) is 10.7. The highest BCUT2D eigenvalue weighted by Gasteiger charge is 2.24. The lowest BCUT2D eigenvalue weighted by Crippen LogP contribution is -2.12. The fourth-order valence-corrected chi connectivity index (χ4v) is 6.62. The van der Waals surface area contributed by atoms with Gasteiger partial charge in [-0.15, -0.1) is 0 Å². The summed E-state index contributed by atoms with van der Waals surface area (Å²) in [5.74, 6) is -0.753. The molecule has 0 aromatic heterocycles. The van der Waals surface area contributed by atoms with Gasteiger partial charge in [0.25, 0.3) is 0 Å². The molecule has 37 heavy (non-hydrogen) atoms. The monoisotopic (exact) mass is 538 g/mol. The Kier molecular flexibility index (Phi) is 7.56. The first-order valence-corrected chi connectivity index (χ1v) is 14.7. The molecule has 2 N–H and O–H groups in total. The number of phenols is 2. The lowest BCUT2D eigenvalue weighted by atomic mass is 10.1. The second-order valence-corrected chi connectivity index (χ2v) is 12.7. The van der Waals surface area contributed by atoms with E-state index in [2.05, 4.69) is 0 Å². The Morgan fingerprint density at radius 2 is 1.08 bits per heavy atom. The molecule has 0 aliphatic rings. The molecule has 0 heterocycles. The molecule has 0 fully saturated rings. The fraction of sp³-hybridized carbons (Fsp3) is 0.143. The van der Waals surface area contributed by atoms with Crippen LogP contribution in [-0.2, 0) is 37.8 Å². The van der Waals surface area contributed by atoms with Gasteiger partial charge in [0.1, 0.15) is 23.9 Å². The minimum atomic E-state index is -3.84. The number of ether oxygens (including phenoxy) is 1. The van der Waals surface area contributed by atoms with E-state index in [0.29, 0.717) is 16.7 Å². The molecular formula is C28H26O7S2. The van der Waals surface area contributed by atoms with Gasteiger partial charge >= 0.3 is 0 Å². The Labute approximate surface area is 216 Å². The van der Waals surface area contributed by atoms with Gasteiger partial charge in [-0.3, -0.25) is 0 Å². The van der Waals surface area contributed by atoms with E-state index in [9.17, 15) is 27.0 Å². The van der Waals surface area contributed by atoms with E-state index in [1.807, 2.05) is 30.3 Å². The molecule has 0 atom stereocenters. The highest BCUT2D eigenvalue weighted by Crippen LogP contribution is 2.33. The van der Waals surface area contributed by atoms with E-state index in [1.165, 1.54) is 48.5 Å². The Hall–Kier alpha value is -3.82. The average Bonchev–Trinajstić information content (AvgIpc) is 2.84. The maximum atomic E-state index is 13.2. The van der Waals surface area contributed by atoms with Crippen LogP contribution in [0.3, 0.4) is 0 Å². The Bertz CT molecular complexity index is 1500. The van der Waals surface area contributed by atoms with Gasteiger partial charge in [0.2, 0.25) is 0 Å². The van der Waals surface area contributed by atoms with Crippen molar-refractivity contribution in [3.05, 3.63) is 113 Å². The van der Waals surface area contributed by atoms with Crippen molar-refractivity contribution in [2.45, 2.75) is 34.8 Å². The third kappa shape index (κ3) is 6.49. The smallest absolute Gasteiger partial charge is 0.182 e. The van der Waals surface area contributed by atoms with Crippen LogP contribution in [0.1, 0.15) is 22.3 Å². The first-order chi connectivity index (χ1) is 17.5. The van der Waals surface area contributed by atoms with Crippen molar-refractivity contribution in [2.24, 2.45) is 0 Å². The number of benzene rings is 4. The van der Waals surface area contributed by atoms with Gasteiger partial charge in [0.15, 0.2) is 19.7 Å². The van der Waals surface area contributed by atoms with Crippen LogP contribution in [0.25, 0.3) is 0 Å². The molecule has 4 aromatic carbocycles. The molecule has 0 aliphatic carbocycles. The summed E-state index contributed by atoms with van der Waals surface area (Å²) >= 11 is 0. The molecule has 0 radical (unpaired) electrons. The van der Waals surface area contributed by atoms with Gasteiger partial charge in [0.05, 0.1) is 21.3 Å². The van der Waals surface area contributed by atoms with Crippen LogP contribution < -0.4 is 4.74 Å². The second-order valence-electron chi connectivity index (χ2n) is 8.69. The summed E-state index contributed by atoms with van der Waals surface area (Å²) in [6.45, 7) is 1.87. The maximum absolute atomic E-state index is 13.2. The molecule has 0 spiro atoms. The SMILES string of the molecule is Cc1cc(CS(=O)(=O)c2ccc(O)cc2)c(OCc2ccccc2)c(CS(=O)(=O)c2ccc(O)cc2)c1. The van der Waals surface area contributed by atoms with Crippen molar-refractivity contribution < 1.29 is 31.8 Å². The first-order valence-electron chi connectivity index (χ1n) is 11.4. The first kappa shape index (κ1) is 26.2. The molecule has 0 amide bonds. The van der Waals surface area contributed by atoms with E-state index in [0.717, 1.165) is 5.56 Å². The summed E-state index contributed by atoms with van der Waals surface area (Å²) in [5, 5.41) is 19.1. The number of hydrogen-bond donors (Lipinski definition) is 2. The Morgan fingerprint density at radius 3 is 1.51 bits per heavy atom. The Morgan fingerprint density at radius 1 is 0.649 bits per heavy atom. The lowest BCUT2D eigenvalue weighted by molar-refractivity contribution is 0.301. The largest absolute Gasteiger partial charge is 0.508 e. The molecule has 4 aromatic rings. The van der Waals surface area contributed by atoms with Gasteiger partial charge < -0.3 is 14.9 Å². The van der Waals surface area contributed by atoms with Crippen LogP contribution in [0.2, 0.25) is 0 Å². The van der Waals surface area contributed by atoms with Crippen LogP contribution in [0.5, 0.6) is 17.2 Å². The molecule has 192 valence electrons. The van der Waals surface area contributed by atoms with E-state index < -0.39 is 31.2 Å². The average molecular weight is 539 g/mol. The minimum absolute atomic E-state index is 0.0269. The molecule has 0 saturated carbocycles. The zero-order chi connectivity index (χ0) is 26.6. The summed E-state index contributed by atoms with van der Waals surface area (Å²) in [6.07, 6.45) is 0. The number of sulfone groups is 2. The van der Waals surface area contributed by atoms with Crippen molar-refractivity contribution in [1.29, 1.82) is 0 Å². The third-order valence-electron chi connectivity index (χ3n) is 5.70. The minimum Gasteiger partial charge on any atom is -0.508 e. The number of phenolic OH excluding ortho intramolecular Hbond substituents is 2. The maximum Gasteiger partial charge on any atom is 0.182 e. The van der Waals surface area contributed by atoms with Gasteiger partial charge in [-0.05, 0) is 61.0 Å². The summed E-state index contributed by atoms with van der Waals surface area (Å²) in [6, 6.07) is 23.1. The summed E-state index contributed by atoms with van der Waals surface area (Å²) < 4.78 is 59.0. The molecule has 0 aliphatic heterocycles. The van der Waals surface area contributed by atoms with Crippen molar-refractivity contribution in [3.8, 4) is 17.2 Å². The highest BCUT2D eigenvalue weighted by atomic mass is 32.2. The molecular weight excluding hydrogens is 512 g/mol. The van der Waals surface area contributed by atoms with Gasteiger partial charge in [0, 0.05) is 11.1 Å². The standard InChI is InChI=1S/C28H26O7S2/c1-20-15-22(18-36(31,32)26-11-7-24(29)8-12-26)28(35-17-21-5-3-2-4-6-21)23(16-20)19-37(33,34)27-13-9-25(30)10-14-27/h2-16,29-30H,17-19H2,1H3. The van der Waals surface area contributed by atoms with Crippen molar-refractivity contribution in [1.82, 2.24) is 0 Å². The van der Waals surface area contributed by atoms with Crippen LogP contribution >= 0.6 is 0 Å². The van der Waals surface area contributed by atoms with Crippen molar-refractivity contribution >= 4 is 19.7 Å². The predicted octanol–water partition coefficient (Wildman–Crippen LogP) is 4.93. The van der Waals surface area contributed by atoms with Gasteiger partial charge in [-0.25, -0.2) is 16.8 Å². The quantitative estimate of drug-likeness (QED) is 0.310. The zero-order valence-electron chi connectivity index (χ0n) is 20.0. The highest BCUT2D eigenvalue weighted by molar-refractivity contribution is 7.91. The predicted molar refractivity (Wildman–Crippen MR) is 140 cm³/mol. The third-order valence-corrected chi connectivity index (χ3v) is 9.06. The van der Waals surface area contributed by atoms with Crippen LogP contribution in [0.4, 0.5) is 0 Å². The van der Waals surface area contributed by atoms with Crippen LogP contribution in [0.15, 0.2) is 101 Å². The molecule has 0 bridgehead atoms. The number of hydrogen-bond acceptors (Lipinski definition) is 7. The van der Waals surface area contributed by atoms with E-state index in [1.54, 1.807) is 19.1 Å². The Balaban J connectivity index is 1.76. The molecule has 0 unspecified atom stereocenters. The van der Waals surface area contributed by atoms with E-state index >= 15 is 0 Å². The summed E-state index contributed by atoms with van der Waals surface area (Å²) in [4.78, 5) is 0.0539. The van der Waals surface area contributed by atoms with Crippen LogP contribution in [-0.4, -0.2) is 27.0 Å². The number of aryl methyl sites for hydroxylation is 1. The molecule has 0 saturated heterocycles. The molecule has 9 heteroatoms. The normalized spacial score (nSPS) is 11.8. The van der Waals surface area contributed by atoms with Crippen molar-refractivity contribution in [3.63, 3.8) is 0 Å². The lowest BCUT2D eigenvalue weighted by Gasteiger charge is -2.18. The van der Waals surface area contributed by atoms with E-state index in [-0.39, 0.29) is 33.6 Å². The van der Waals surface area contributed by atoms with Gasteiger partial charge in [-0.1, -0.05) is 48.0 Å². The summed E-state index contributed by atoms with van der Waals surface area (Å²) in [5.41, 5.74) is 2.18. The number of rotatable bonds is 9. The van der Waals surface area contributed by atoms with E-state index in [4.69, 9.17) is 4.74 Å².